The van der Waals surface area contributed by atoms with E-state index in [1.54, 1.807) is 0 Å². The number of rotatable bonds is 5. The number of nitrogens with zero attached hydrogens (tertiary/aromatic N) is 3. The Morgan fingerprint density at radius 2 is 2.03 bits per heavy atom. The van der Waals surface area contributed by atoms with Crippen LogP contribution in [0.4, 0.5) is 4.79 Å². The quantitative estimate of drug-likeness (QED) is 0.817. The summed E-state index contributed by atoms with van der Waals surface area (Å²) in [6, 6.07) is 13.0. The van der Waals surface area contributed by atoms with Crippen LogP contribution in [-0.4, -0.2) is 52.6 Å². The van der Waals surface area contributed by atoms with E-state index in [0.29, 0.717) is 24.4 Å². The standard InChI is InChI=1S/C23H31N5O/c1-15(2)25-23(29)24-13-19-11-18-9-10-28(19)14-20(18)22-12-21(26-16(3)27-22)17-7-5-4-6-8-17/h4-8,12,15,18-20H,9-11,13-14H2,1-3H3,(H2,24,25,29)/t18-,19+,20-/m0/s1. The number of urea groups is 1. The fourth-order valence-corrected chi connectivity index (χ4v) is 4.75. The van der Waals surface area contributed by atoms with Crippen LogP contribution >= 0.6 is 0 Å². The third-order valence-electron chi connectivity index (χ3n) is 6.10. The van der Waals surface area contributed by atoms with Gasteiger partial charge in [0.15, 0.2) is 0 Å². The number of aryl methyl sites for hydroxylation is 1. The minimum atomic E-state index is -0.0712. The number of hydrogen-bond acceptors (Lipinski definition) is 4. The zero-order chi connectivity index (χ0) is 20.4. The molecule has 6 heteroatoms. The summed E-state index contributed by atoms with van der Waals surface area (Å²) in [5, 5.41) is 5.95. The topological polar surface area (TPSA) is 70.2 Å². The van der Waals surface area contributed by atoms with Gasteiger partial charge in [0, 0.05) is 42.3 Å². The van der Waals surface area contributed by atoms with Crippen LogP contribution in [0.1, 0.15) is 44.1 Å². The van der Waals surface area contributed by atoms with E-state index < -0.39 is 0 Å². The van der Waals surface area contributed by atoms with Gasteiger partial charge in [0.2, 0.25) is 0 Å². The molecule has 2 bridgehead atoms. The molecule has 29 heavy (non-hydrogen) atoms. The first-order valence-electron chi connectivity index (χ1n) is 10.7. The van der Waals surface area contributed by atoms with Crippen molar-refractivity contribution in [3.63, 3.8) is 0 Å². The van der Waals surface area contributed by atoms with Crippen molar-refractivity contribution in [1.29, 1.82) is 0 Å². The van der Waals surface area contributed by atoms with Crippen molar-refractivity contribution in [1.82, 2.24) is 25.5 Å². The molecular weight excluding hydrogens is 362 g/mol. The van der Waals surface area contributed by atoms with E-state index in [2.05, 4.69) is 38.7 Å². The molecule has 2 amide bonds. The van der Waals surface area contributed by atoms with Crippen LogP contribution in [0.2, 0.25) is 0 Å². The van der Waals surface area contributed by atoms with Crippen LogP contribution in [0.3, 0.4) is 0 Å². The highest BCUT2D eigenvalue weighted by atomic mass is 16.2. The van der Waals surface area contributed by atoms with Gasteiger partial charge < -0.3 is 10.6 Å². The number of piperidine rings is 3. The lowest BCUT2D eigenvalue weighted by atomic mass is 9.74. The normalized spacial score (nSPS) is 25.8. The van der Waals surface area contributed by atoms with E-state index in [-0.39, 0.29) is 12.1 Å². The van der Waals surface area contributed by atoms with Crippen LogP contribution in [0.25, 0.3) is 11.3 Å². The van der Waals surface area contributed by atoms with Crippen molar-refractivity contribution in [3.05, 3.63) is 47.9 Å². The average Bonchev–Trinajstić information content (AvgIpc) is 2.72. The predicted molar refractivity (Wildman–Crippen MR) is 115 cm³/mol. The van der Waals surface area contributed by atoms with Gasteiger partial charge in [-0.25, -0.2) is 14.8 Å². The molecule has 0 radical (unpaired) electrons. The maximum Gasteiger partial charge on any atom is 0.315 e. The Labute approximate surface area is 173 Å². The number of benzene rings is 1. The molecule has 0 aliphatic carbocycles. The first-order chi connectivity index (χ1) is 14.0. The molecule has 1 unspecified atom stereocenters. The third-order valence-corrected chi connectivity index (χ3v) is 6.10. The summed E-state index contributed by atoms with van der Waals surface area (Å²) in [6.45, 7) is 8.76. The minimum absolute atomic E-state index is 0.0712. The Morgan fingerprint density at radius 3 is 2.72 bits per heavy atom. The van der Waals surface area contributed by atoms with Gasteiger partial charge in [-0.3, -0.25) is 4.90 Å². The first-order valence-corrected chi connectivity index (χ1v) is 10.7. The summed E-state index contributed by atoms with van der Waals surface area (Å²) in [4.78, 5) is 24.0. The van der Waals surface area contributed by atoms with Gasteiger partial charge >= 0.3 is 6.03 Å². The average molecular weight is 394 g/mol. The van der Waals surface area contributed by atoms with E-state index in [0.717, 1.165) is 42.3 Å². The van der Waals surface area contributed by atoms with Crippen LogP contribution < -0.4 is 10.6 Å². The minimum Gasteiger partial charge on any atom is -0.337 e. The van der Waals surface area contributed by atoms with Gasteiger partial charge in [0.05, 0.1) is 5.69 Å². The summed E-state index contributed by atoms with van der Waals surface area (Å²) in [5.41, 5.74) is 3.31. The predicted octanol–water partition coefficient (Wildman–Crippen LogP) is 3.34. The van der Waals surface area contributed by atoms with E-state index >= 15 is 0 Å². The first kappa shape index (κ1) is 19.8. The number of aromatic nitrogens is 2. The molecule has 1 aromatic carbocycles. The number of amides is 2. The van der Waals surface area contributed by atoms with Crippen molar-refractivity contribution >= 4 is 6.03 Å². The monoisotopic (exact) mass is 393 g/mol. The Hall–Kier alpha value is -2.47. The number of nitrogens with one attached hydrogen (secondary N) is 2. The molecule has 1 aromatic heterocycles. The fourth-order valence-electron chi connectivity index (χ4n) is 4.75. The van der Waals surface area contributed by atoms with Gasteiger partial charge in [0.1, 0.15) is 5.82 Å². The Bertz CT molecular complexity index is 854. The largest absolute Gasteiger partial charge is 0.337 e. The zero-order valence-electron chi connectivity index (χ0n) is 17.6. The smallest absolute Gasteiger partial charge is 0.315 e. The molecule has 0 spiro atoms. The van der Waals surface area contributed by atoms with Gasteiger partial charge in [-0.1, -0.05) is 30.3 Å². The van der Waals surface area contributed by atoms with Crippen molar-refractivity contribution in [2.24, 2.45) is 5.92 Å². The van der Waals surface area contributed by atoms with Crippen LogP contribution in [0, 0.1) is 12.8 Å². The zero-order valence-corrected chi connectivity index (χ0v) is 17.6. The maximum absolute atomic E-state index is 11.9. The van der Waals surface area contributed by atoms with Crippen molar-refractivity contribution in [2.45, 2.75) is 51.6 Å². The summed E-state index contributed by atoms with van der Waals surface area (Å²) < 4.78 is 0. The molecule has 6 nitrogen and oxygen atoms in total. The molecule has 2 aromatic rings. The second-order valence-corrected chi connectivity index (χ2v) is 8.64. The fraction of sp³-hybridized carbons (Fsp3) is 0.522. The molecule has 2 N–H and O–H groups in total. The molecule has 3 saturated heterocycles. The van der Waals surface area contributed by atoms with Gasteiger partial charge in [0.25, 0.3) is 0 Å². The summed E-state index contributed by atoms with van der Waals surface area (Å²) >= 11 is 0. The van der Waals surface area contributed by atoms with Crippen molar-refractivity contribution in [2.75, 3.05) is 19.6 Å². The van der Waals surface area contributed by atoms with Crippen LogP contribution in [-0.2, 0) is 0 Å². The molecule has 4 heterocycles. The number of hydrogen-bond donors (Lipinski definition) is 2. The Morgan fingerprint density at radius 1 is 1.24 bits per heavy atom. The molecular formula is C23H31N5O. The molecule has 3 aliphatic heterocycles. The Kier molecular flexibility index (Phi) is 5.81. The molecule has 154 valence electrons. The number of fused-ring (bicyclic) bond motifs is 3. The molecule has 4 atom stereocenters. The van der Waals surface area contributed by atoms with Crippen LogP contribution in [0.5, 0.6) is 0 Å². The van der Waals surface area contributed by atoms with Crippen molar-refractivity contribution < 1.29 is 4.79 Å². The van der Waals surface area contributed by atoms with Gasteiger partial charge in [-0.15, -0.1) is 0 Å². The van der Waals surface area contributed by atoms with Crippen LogP contribution in [0.15, 0.2) is 36.4 Å². The molecule has 5 rings (SSSR count). The Balaban J connectivity index is 1.46. The number of carbonyl (C=O) groups excluding carboxylic acids is 1. The molecule has 3 aliphatic rings. The van der Waals surface area contributed by atoms with Gasteiger partial charge in [-0.2, -0.15) is 0 Å². The van der Waals surface area contributed by atoms with Gasteiger partial charge in [-0.05, 0) is 52.1 Å². The molecule has 3 fully saturated rings. The second kappa shape index (κ2) is 8.49. The third kappa shape index (κ3) is 4.58. The summed E-state index contributed by atoms with van der Waals surface area (Å²) in [7, 11) is 0. The highest BCUT2D eigenvalue weighted by Crippen LogP contribution is 2.41. The lowest BCUT2D eigenvalue weighted by Crippen LogP contribution is -2.57. The van der Waals surface area contributed by atoms with E-state index in [9.17, 15) is 4.79 Å². The SMILES string of the molecule is Cc1nc(-c2ccccc2)cc([C@H]2CN3CC[C@H]2C[C@@H]3CNC(=O)NC(C)C)n1. The van der Waals surface area contributed by atoms with E-state index in [4.69, 9.17) is 4.98 Å². The lowest BCUT2D eigenvalue weighted by molar-refractivity contribution is 0.0304. The molecule has 0 saturated carbocycles. The highest BCUT2D eigenvalue weighted by molar-refractivity contribution is 5.74. The summed E-state index contributed by atoms with van der Waals surface area (Å²) in [6.07, 6.45) is 2.30. The number of carbonyl (C=O) groups is 1. The highest BCUT2D eigenvalue weighted by Gasteiger charge is 2.41. The van der Waals surface area contributed by atoms with E-state index in [1.807, 2.05) is 39.0 Å². The lowest BCUT2D eigenvalue weighted by Gasteiger charge is -2.49. The van der Waals surface area contributed by atoms with Crippen molar-refractivity contribution in [3.8, 4) is 11.3 Å². The maximum atomic E-state index is 11.9. The summed E-state index contributed by atoms with van der Waals surface area (Å²) in [5.74, 6) is 1.88. The second-order valence-electron chi connectivity index (χ2n) is 8.64. The van der Waals surface area contributed by atoms with E-state index in [1.165, 1.54) is 6.42 Å².